The number of anilines is 1. The number of methoxy groups -OCH3 is 1. The molecule has 2 amide bonds. The lowest BCUT2D eigenvalue weighted by Crippen LogP contribution is -2.55. The van der Waals surface area contributed by atoms with Crippen LogP contribution in [0.3, 0.4) is 0 Å². The molecule has 0 fully saturated rings. The molecule has 0 heterocycles. The minimum absolute atomic E-state index is 0.0202. The van der Waals surface area contributed by atoms with Gasteiger partial charge in [0.05, 0.1) is 17.7 Å². The molecule has 0 aliphatic heterocycles. The number of halogens is 1. The SMILES string of the molecule is CC[C@H](C(=O)NC(C)(C)C)N(Cc1ccccc1)C(=O)CN(c1cccc(Cl)c1)S(=O)(=O)c1ccc(OC)cc1. The highest BCUT2D eigenvalue weighted by Gasteiger charge is 2.34. The number of carbonyl (C=O) groups is 2. The molecule has 10 heteroatoms. The quantitative estimate of drug-likeness (QED) is 0.331. The number of nitrogens with one attached hydrogen (secondary N) is 1. The first kappa shape index (κ1) is 31.0. The first-order chi connectivity index (χ1) is 18.9. The van der Waals surface area contributed by atoms with Gasteiger partial charge in [-0.2, -0.15) is 0 Å². The smallest absolute Gasteiger partial charge is 0.264 e. The average Bonchev–Trinajstić information content (AvgIpc) is 2.91. The Bertz CT molecular complexity index is 1410. The van der Waals surface area contributed by atoms with Crippen LogP contribution in [-0.2, 0) is 26.2 Å². The van der Waals surface area contributed by atoms with Gasteiger partial charge in [-0.3, -0.25) is 13.9 Å². The second kappa shape index (κ2) is 13.2. The molecule has 0 unspecified atom stereocenters. The zero-order valence-electron chi connectivity index (χ0n) is 23.4. The normalized spacial score (nSPS) is 12.3. The Kier molecular flexibility index (Phi) is 10.2. The van der Waals surface area contributed by atoms with Gasteiger partial charge in [-0.1, -0.05) is 54.9 Å². The summed E-state index contributed by atoms with van der Waals surface area (Å²) in [4.78, 5) is 28.8. The van der Waals surface area contributed by atoms with Crippen LogP contribution in [0.2, 0.25) is 5.02 Å². The molecule has 0 saturated carbocycles. The van der Waals surface area contributed by atoms with E-state index in [-0.39, 0.29) is 23.0 Å². The number of hydrogen-bond donors (Lipinski definition) is 1. The summed E-state index contributed by atoms with van der Waals surface area (Å²) in [6, 6.07) is 20.7. The third kappa shape index (κ3) is 7.99. The van der Waals surface area contributed by atoms with Gasteiger partial charge < -0.3 is 15.0 Å². The monoisotopic (exact) mass is 585 g/mol. The number of ether oxygens (including phenoxy) is 1. The third-order valence-electron chi connectivity index (χ3n) is 6.10. The van der Waals surface area contributed by atoms with Gasteiger partial charge in [0.2, 0.25) is 11.8 Å². The fourth-order valence-corrected chi connectivity index (χ4v) is 5.78. The maximum absolute atomic E-state index is 14.1. The number of hydrogen-bond acceptors (Lipinski definition) is 5. The van der Waals surface area contributed by atoms with Crippen LogP contribution in [0.15, 0.2) is 83.8 Å². The van der Waals surface area contributed by atoms with E-state index in [1.807, 2.05) is 58.0 Å². The molecule has 0 aliphatic carbocycles. The Hall–Kier alpha value is -3.56. The summed E-state index contributed by atoms with van der Waals surface area (Å²) in [5, 5.41) is 3.27. The predicted molar refractivity (Wildman–Crippen MR) is 158 cm³/mol. The van der Waals surface area contributed by atoms with Crippen LogP contribution in [-0.4, -0.2) is 50.4 Å². The van der Waals surface area contributed by atoms with Gasteiger partial charge in [0.25, 0.3) is 10.0 Å². The summed E-state index contributed by atoms with van der Waals surface area (Å²) >= 11 is 6.22. The highest BCUT2D eigenvalue weighted by atomic mass is 35.5. The molecule has 3 aromatic carbocycles. The average molecular weight is 586 g/mol. The number of carbonyl (C=O) groups excluding carboxylic acids is 2. The van der Waals surface area contributed by atoms with Crippen molar-refractivity contribution in [2.75, 3.05) is 18.0 Å². The summed E-state index contributed by atoms with van der Waals surface area (Å²) in [5.41, 5.74) is 0.518. The standard InChI is InChI=1S/C30H36ClN3O5S/c1-6-27(29(36)32-30(2,3)4)33(20-22-11-8-7-9-12-22)28(35)21-34(24-14-10-13-23(31)19-24)40(37,38)26-17-15-25(39-5)16-18-26/h7-19,27H,6,20-21H2,1-5H3,(H,32,36)/t27-/m1/s1. The zero-order chi connectivity index (χ0) is 29.5. The summed E-state index contributed by atoms with van der Waals surface area (Å²) < 4.78 is 34.0. The van der Waals surface area contributed by atoms with Crippen molar-refractivity contribution in [3.8, 4) is 5.75 Å². The molecule has 0 aliphatic rings. The van der Waals surface area contributed by atoms with E-state index in [1.165, 1.54) is 42.3 Å². The van der Waals surface area contributed by atoms with Gasteiger partial charge in [-0.05, 0) is 75.2 Å². The lowest BCUT2D eigenvalue weighted by atomic mass is 10.1. The van der Waals surface area contributed by atoms with Gasteiger partial charge >= 0.3 is 0 Å². The van der Waals surface area contributed by atoms with Crippen molar-refractivity contribution in [3.05, 3.63) is 89.4 Å². The van der Waals surface area contributed by atoms with Gasteiger partial charge in [0.15, 0.2) is 0 Å². The molecular weight excluding hydrogens is 550 g/mol. The van der Waals surface area contributed by atoms with Gasteiger partial charge in [-0.25, -0.2) is 8.42 Å². The van der Waals surface area contributed by atoms with Crippen molar-refractivity contribution in [2.45, 2.75) is 57.1 Å². The zero-order valence-corrected chi connectivity index (χ0v) is 25.0. The summed E-state index contributed by atoms with van der Waals surface area (Å²) in [6.07, 6.45) is 0.336. The highest BCUT2D eigenvalue weighted by molar-refractivity contribution is 7.92. The van der Waals surface area contributed by atoms with Gasteiger partial charge in [-0.15, -0.1) is 0 Å². The second-order valence-corrected chi connectivity index (χ2v) is 12.6. The third-order valence-corrected chi connectivity index (χ3v) is 8.13. The fraction of sp³-hybridized carbons (Fsp3) is 0.333. The van der Waals surface area contributed by atoms with E-state index < -0.39 is 34.1 Å². The first-order valence-electron chi connectivity index (χ1n) is 12.9. The fourth-order valence-electron chi connectivity index (χ4n) is 4.19. The number of amides is 2. The van der Waals surface area contributed by atoms with Crippen molar-refractivity contribution in [1.29, 1.82) is 0 Å². The van der Waals surface area contributed by atoms with Crippen molar-refractivity contribution < 1.29 is 22.7 Å². The number of nitrogens with zero attached hydrogens (tertiary/aromatic N) is 2. The van der Waals surface area contributed by atoms with E-state index in [9.17, 15) is 18.0 Å². The van der Waals surface area contributed by atoms with E-state index in [0.29, 0.717) is 17.2 Å². The number of sulfonamides is 1. The molecule has 3 aromatic rings. The van der Waals surface area contributed by atoms with Crippen molar-refractivity contribution in [3.63, 3.8) is 0 Å². The largest absolute Gasteiger partial charge is 0.497 e. The number of rotatable bonds is 11. The molecule has 40 heavy (non-hydrogen) atoms. The van der Waals surface area contributed by atoms with Gasteiger partial charge in [0, 0.05) is 17.1 Å². The van der Waals surface area contributed by atoms with Crippen LogP contribution in [0.1, 0.15) is 39.7 Å². The minimum atomic E-state index is -4.21. The summed E-state index contributed by atoms with van der Waals surface area (Å²) in [7, 11) is -2.72. The van der Waals surface area contributed by atoms with E-state index in [4.69, 9.17) is 16.3 Å². The van der Waals surface area contributed by atoms with Crippen LogP contribution in [0.5, 0.6) is 5.75 Å². The molecule has 214 valence electrons. The Morgan fingerprint density at radius 3 is 2.17 bits per heavy atom. The molecule has 8 nitrogen and oxygen atoms in total. The van der Waals surface area contributed by atoms with Gasteiger partial charge in [0.1, 0.15) is 18.3 Å². The molecule has 3 rings (SSSR count). The predicted octanol–water partition coefficient (Wildman–Crippen LogP) is 5.27. The molecule has 0 saturated heterocycles. The maximum atomic E-state index is 14.1. The van der Waals surface area contributed by atoms with Crippen LogP contribution in [0.25, 0.3) is 0 Å². The summed E-state index contributed by atoms with van der Waals surface area (Å²) in [6.45, 7) is 7.00. The Morgan fingerprint density at radius 1 is 0.975 bits per heavy atom. The van der Waals surface area contributed by atoms with E-state index >= 15 is 0 Å². The van der Waals surface area contributed by atoms with Crippen LogP contribution in [0.4, 0.5) is 5.69 Å². The first-order valence-corrected chi connectivity index (χ1v) is 14.8. The Labute approximate surface area is 241 Å². The molecule has 1 atom stereocenters. The van der Waals surface area contributed by atoms with E-state index in [2.05, 4.69) is 5.32 Å². The number of benzene rings is 3. The van der Waals surface area contributed by atoms with Crippen molar-refractivity contribution >= 4 is 39.1 Å². The molecule has 1 N–H and O–H groups in total. The van der Waals surface area contributed by atoms with Crippen LogP contribution >= 0.6 is 11.6 Å². The Balaban J connectivity index is 2.06. The van der Waals surface area contributed by atoms with Crippen LogP contribution < -0.4 is 14.4 Å². The second-order valence-electron chi connectivity index (χ2n) is 10.3. The molecule has 0 bridgehead atoms. The lowest BCUT2D eigenvalue weighted by Gasteiger charge is -2.34. The molecule has 0 spiro atoms. The topological polar surface area (TPSA) is 96.0 Å². The van der Waals surface area contributed by atoms with E-state index in [1.54, 1.807) is 18.2 Å². The highest BCUT2D eigenvalue weighted by Crippen LogP contribution is 2.28. The summed E-state index contributed by atoms with van der Waals surface area (Å²) in [5.74, 6) is -0.350. The van der Waals surface area contributed by atoms with Crippen molar-refractivity contribution in [1.82, 2.24) is 10.2 Å². The minimum Gasteiger partial charge on any atom is -0.497 e. The molecule has 0 aromatic heterocycles. The Morgan fingerprint density at radius 2 is 1.62 bits per heavy atom. The van der Waals surface area contributed by atoms with E-state index in [0.717, 1.165) is 9.87 Å². The lowest BCUT2D eigenvalue weighted by molar-refractivity contribution is -0.141. The molecular formula is C30H36ClN3O5S. The maximum Gasteiger partial charge on any atom is 0.264 e. The van der Waals surface area contributed by atoms with Crippen molar-refractivity contribution in [2.24, 2.45) is 0 Å². The van der Waals surface area contributed by atoms with Crippen LogP contribution in [0, 0.1) is 0 Å². The molecule has 0 radical (unpaired) electrons.